The lowest BCUT2D eigenvalue weighted by Crippen LogP contribution is -2.21. The molecule has 5 rings (SSSR count). The molecular weight excluding hydrogens is 408 g/mol. The second-order valence-corrected chi connectivity index (χ2v) is 10.2. The lowest BCUT2D eigenvalue weighted by atomic mass is 9.72. The van der Waals surface area contributed by atoms with Gasteiger partial charge in [0.15, 0.2) is 0 Å². The fourth-order valence-electron chi connectivity index (χ4n) is 6.20. The number of hydrogen-bond acceptors (Lipinski definition) is 0. The Morgan fingerprint density at radius 1 is 1.03 bits per heavy atom. The maximum absolute atomic E-state index is 4.66. The highest BCUT2D eigenvalue weighted by atomic mass is 14.4. The molecule has 2 atom stereocenters. The summed E-state index contributed by atoms with van der Waals surface area (Å²) in [6.45, 7) is 13.7. The summed E-state index contributed by atoms with van der Waals surface area (Å²) in [5, 5.41) is 0. The molecule has 2 aromatic rings. The Bertz CT molecular complexity index is 1240. The van der Waals surface area contributed by atoms with E-state index in [1.165, 1.54) is 75.0 Å². The molecule has 1 saturated carbocycles. The zero-order valence-electron chi connectivity index (χ0n) is 20.7. The van der Waals surface area contributed by atoms with Gasteiger partial charge in [0.2, 0.25) is 0 Å². The molecule has 34 heavy (non-hydrogen) atoms. The third-order valence-corrected chi connectivity index (χ3v) is 7.79. The minimum atomic E-state index is 0.290. The molecule has 0 aliphatic heterocycles. The fraction of sp³-hybridized carbons (Fsp3) is 0.294. The van der Waals surface area contributed by atoms with Crippen LogP contribution in [0.3, 0.4) is 0 Å². The first kappa shape index (κ1) is 22.7. The van der Waals surface area contributed by atoms with Gasteiger partial charge in [-0.15, -0.1) is 0 Å². The molecule has 0 heterocycles. The van der Waals surface area contributed by atoms with E-state index >= 15 is 0 Å². The van der Waals surface area contributed by atoms with Gasteiger partial charge in [-0.2, -0.15) is 0 Å². The molecule has 3 aliphatic rings. The van der Waals surface area contributed by atoms with Crippen molar-refractivity contribution in [2.75, 3.05) is 0 Å². The second-order valence-electron chi connectivity index (χ2n) is 10.2. The summed E-state index contributed by atoms with van der Waals surface area (Å²) >= 11 is 0. The molecule has 0 aromatic heterocycles. The molecule has 0 saturated heterocycles. The van der Waals surface area contributed by atoms with Crippen molar-refractivity contribution in [1.82, 2.24) is 0 Å². The third kappa shape index (κ3) is 4.34. The average molecular weight is 445 g/mol. The van der Waals surface area contributed by atoms with Crippen molar-refractivity contribution in [3.63, 3.8) is 0 Å². The number of allylic oxidation sites excluding steroid dienone is 8. The summed E-state index contributed by atoms with van der Waals surface area (Å²) in [7, 11) is 0. The summed E-state index contributed by atoms with van der Waals surface area (Å²) in [5.74, 6) is 0.616. The molecule has 0 nitrogen and oxygen atoms in total. The van der Waals surface area contributed by atoms with Gasteiger partial charge in [0.1, 0.15) is 0 Å². The molecule has 0 spiro atoms. The first-order valence-electron chi connectivity index (χ1n) is 12.9. The summed E-state index contributed by atoms with van der Waals surface area (Å²) in [6.07, 6.45) is 16.4. The first-order valence-corrected chi connectivity index (χ1v) is 12.9. The van der Waals surface area contributed by atoms with Crippen molar-refractivity contribution < 1.29 is 0 Å². The highest BCUT2D eigenvalue weighted by Crippen LogP contribution is 2.52. The van der Waals surface area contributed by atoms with Crippen molar-refractivity contribution in [2.24, 2.45) is 11.8 Å². The van der Waals surface area contributed by atoms with Gasteiger partial charge < -0.3 is 0 Å². The van der Waals surface area contributed by atoms with E-state index in [1.54, 1.807) is 0 Å². The van der Waals surface area contributed by atoms with Crippen molar-refractivity contribution in [3.05, 3.63) is 130 Å². The van der Waals surface area contributed by atoms with Gasteiger partial charge in [-0.05, 0) is 83.6 Å². The van der Waals surface area contributed by atoms with Crippen LogP contribution in [0.2, 0.25) is 0 Å². The van der Waals surface area contributed by atoms with Crippen LogP contribution < -0.4 is 0 Å². The second kappa shape index (κ2) is 9.63. The highest BCUT2D eigenvalue weighted by Gasteiger charge is 2.38. The van der Waals surface area contributed by atoms with Crippen LogP contribution in [0.4, 0.5) is 0 Å². The average Bonchev–Trinajstić information content (AvgIpc) is 3.42. The smallest absolute Gasteiger partial charge is 0.0155 e. The fourth-order valence-corrected chi connectivity index (χ4v) is 6.20. The Labute approximate surface area is 205 Å². The lowest BCUT2D eigenvalue weighted by molar-refractivity contribution is 0.591. The molecule has 3 aliphatic carbocycles. The zero-order valence-corrected chi connectivity index (χ0v) is 20.7. The van der Waals surface area contributed by atoms with E-state index in [0.29, 0.717) is 5.92 Å². The molecule has 0 N–H and O–H groups in total. The summed E-state index contributed by atoms with van der Waals surface area (Å²) in [5.41, 5.74) is 13.9. The Balaban J connectivity index is 1.51. The van der Waals surface area contributed by atoms with Gasteiger partial charge in [0.25, 0.3) is 0 Å². The van der Waals surface area contributed by atoms with E-state index in [1.807, 2.05) is 0 Å². The molecule has 2 unspecified atom stereocenters. The van der Waals surface area contributed by atoms with Gasteiger partial charge in [-0.1, -0.05) is 110 Å². The summed E-state index contributed by atoms with van der Waals surface area (Å²) in [6, 6.07) is 17.7. The van der Waals surface area contributed by atoms with Crippen LogP contribution in [0.25, 0.3) is 12.2 Å². The minimum absolute atomic E-state index is 0.290. The first-order chi connectivity index (χ1) is 16.5. The monoisotopic (exact) mass is 444 g/mol. The molecule has 2 aromatic carbocycles. The third-order valence-electron chi connectivity index (χ3n) is 7.79. The number of fused-ring (bicyclic) bond motifs is 2. The van der Waals surface area contributed by atoms with E-state index in [-0.39, 0.29) is 5.92 Å². The molecule has 1 fully saturated rings. The van der Waals surface area contributed by atoms with Crippen LogP contribution in [0.15, 0.2) is 107 Å². The largest absolute Gasteiger partial charge is 0.0955 e. The van der Waals surface area contributed by atoms with E-state index in [4.69, 9.17) is 0 Å². The standard InChI is InChI=1S/C34H36/c1-5-10-23(2)33-24(3)19-31-22-30(21-27-15-17-28-13-9-14-29(28)20-27)25(4)34(31)32(33)18-16-26-11-7-6-8-12-26/h6-8,11-12,15-21,32,34H,2,4-5,9-10,13-14,22H2,1,3H3. The van der Waals surface area contributed by atoms with Gasteiger partial charge >= 0.3 is 0 Å². The Kier molecular flexibility index (Phi) is 6.42. The van der Waals surface area contributed by atoms with Crippen LogP contribution in [0, 0.1) is 11.8 Å². The van der Waals surface area contributed by atoms with Crippen molar-refractivity contribution in [2.45, 2.75) is 52.4 Å². The number of aryl methyl sites for hydroxylation is 2. The van der Waals surface area contributed by atoms with Crippen LogP contribution in [-0.2, 0) is 12.8 Å². The predicted octanol–water partition coefficient (Wildman–Crippen LogP) is 9.08. The van der Waals surface area contributed by atoms with E-state index in [0.717, 1.165) is 19.3 Å². The van der Waals surface area contributed by atoms with E-state index < -0.39 is 0 Å². The highest BCUT2D eigenvalue weighted by molar-refractivity contribution is 5.67. The lowest BCUT2D eigenvalue weighted by Gasteiger charge is -2.32. The Morgan fingerprint density at radius 3 is 2.62 bits per heavy atom. The predicted molar refractivity (Wildman–Crippen MR) is 147 cm³/mol. The van der Waals surface area contributed by atoms with Crippen molar-refractivity contribution in [3.8, 4) is 0 Å². The number of hydrogen-bond donors (Lipinski definition) is 0. The maximum atomic E-state index is 4.66. The van der Waals surface area contributed by atoms with E-state index in [2.05, 4.69) is 99.8 Å². The molecule has 0 radical (unpaired) electrons. The molecule has 0 heteroatoms. The molecular formula is C34H36. The maximum Gasteiger partial charge on any atom is 0.0155 e. The number of benzene rings is 2. The van der Waals surface area contributed by atoms with Crippen LogP contribution >= 0.6 is 0 Å². The number of rotatable bonds is 6. The van der Waals surface area contributed by atoms with Crippen LogP contribution in [0.5, 0.6) is 0 Å². The van der Waals surface area contributed by atoms with Crippen LogP contribution in [0.1, 0.15) is 61.8 Å². The summed E-state index contributed by atoms with van der Waals surface area (Å²) < 4.78 is 0. The SMILES string of the molecule is C=C(CCC)C1=C(C)C=C2CC(=Cc3ccc4c(c3)CCC4)C(=C)C2C1C=Cc1ccccc1. The van der Waals surface area contributed by atoms with Gasteiger partial charge in [0.05, 0.1) is 0 Å². The van der Waals surface area contributed by atoms with Crippen molar-refractivity contribution >= 4 is 12.2 Å². The Morgan fingerprint density at radius 2 is 1.82 bits per heavy atom. The quantitative estimate of drug-likeness (QED) is 0.417. The van der Waals surface area contributed by atoms with E-state index in [9.17, 15) is 0 Å². The van der Waals surface area contributed by atoms with Gasteiger partial charge in [-0.25, -0.2) is 0 Å². The molecule has 172 valence electrons. The zero-order chi connectivity index (χ0) is 23.7. The normalized spacial score (nSPS) is 22.9. The van der Waals surface area contributed by atoms with Crippen molar-refractivity contribution in [1.29, 1.82) is 0 Å². The van der Waals surface area contributed by atoms with Crippen LogP contribution in [-0.4, -0.2) is 0 Å². The minimum Gasteiger partial charge on any atom is -0.0955 e. The van der Waals surface area contributed by atoms with Gasteiger partial charge in [0, 0.05) is 11.8 Å². The topological polar surface area (TPSA) is 0 Å². The molecule has 0 amide bonds. The Hall–Kier alpha value is -3.12. The molecule has 0 bridgehead atoms. The summed E-state index contributed by atoms with van der Waals surface area (Å²) in [4.78, 5) is 0. The van der Waals surface area contributed by atoms with Gasteiger partial charge in [-0.3, -0.25) is 0 Å².